The third-order valence-electron chi connectivity index (χ3n) is 4.08. The van der Waals surface area contributed by atoms with Crippen LogP contribution in [0.2, 0.25) is 0 Å². The minimum absolute atomic E-state index is 0.0412. The molecule has 6 nitrogen and oxygen atoms in total. The summed E-state index contributed by atoms with van der Waals surface area (Å²) in [5.41, 5.74) is 1.27. The third kappa shape index (κ3) is 5.11. The number of nitrogens with one attached hydrogen (secondary N) is 1. The minimum Gasteiger partial charge on any atom is -0.486 e. The molecular formula is C19H24N4O2S. The van der Waals surface area contributed by atoms with E-state index in [2.05, 4.69) is 41.1 Å². The fourth-order valence-corrected chi connectivity index (χ4v) is 3.22. The molecule has 0 atom stereocenters. The molecule has 7 heteroatoms. The number of thioether (sulfide) groups is 1. The minimum atomic E-state index is 0.0412. The number of benzene rings is 1. The van der Waals surface area contributed by atoms with E-state index in [1.54, 1.807) is 6.08 Å². The molecule has 3 rings (SSSR count). The Kier molecular flexibility index (Phi) is 6.33. The number of amides is 1. The molecule has 138 valence electrons. The van der Waals surface area contributed by atoms with Crippen LogP contribution in [0.1, 0.15) is 31.2 Å². The maximum Gasteiger partial charge on any atom is 0.230 e. The van der Waals surface area contributed by atoms with Gasteiger partial charge in [0.1, 0.15) is 12.4 Å². The van der Waals surface area contributed by atoms with Crippen molar-refractivity contribution in [2.24, 2.45) is 0 Å². The van der Waals surface area contributed by atoms with Crippen LogP contribution in [0.25, 0.3) is 0 Å². The van der Waals surface area contributed by atoms with Gasteiger partial charge in [-0.3, -0.25) is 9.36 Å². The number of hydrogen-bond acceptors (Lipinski definition) is 5. The molecule has 0 saturated heterocycles. The summed E-state index contributed by atoms with van der Waals surface area (Å²) >= 11 is 1.39. The summed E-state index contributed by atoms with van der Waals surface area (Å²) in [4.78, 5) is 11.9. The Hall–Kier alpha value is -2.28. The highest BCUT2D eigenvalue weighted by Gasteiger charge is 2.23. The van der Waals surface area contributed by atoms with Crippen LogP contribution in [-0.4, -0.2) is 32.5 Å². The average Bonchev–Trinajstić information content (AvgIpc) is 3.39. The molecule has 1 saturated carbocycles. The van der Waals surface area contributed by atoms with Crippen molar-refractivity contribution in [3.05, 3.63) is 48.3 Å². The van der Waals surface area contributed by atoms with Gasteiger partial charge in [0.15, 0.2) is 11.0 Å². The van der Waals surface area contributed by atoms with Crippen molar-refractivity contribution < 1.29 is 9.53 Å². The molecule has 1 aliphatic carbocycles. The normalized spacial score (nSPS) is 13.4. The third-order valence-corrected chi connectivity index (χ3v) is 5.05. The van der Waals surface area contributed by atoms with E-state index in [1.807, 2.05) is 16.7 Å². The lowest BCUT2D eigenvalue weighted by atomic mass is 10.2. The second-order valence-corrected chi connectivity index (χ2v) is 7.16. The Morgan fingerprint density at radius 2 is 2.15 bits per heavy atom. The molecule has 26 heavy (non-hydrogen) atoms. The van der Waals surface area contributed by atoms with E-state index >= 15 is 0 Å². The standard InChI is InChI=1S/C19H24N4O2S/c1-3-11-23-17(12-25-16-9-5-14(4-2)6-10-16)21-22-19(23)26-13-18(24)20-15-7-8-15/h3,5-6,9-10,15H,1,4,7-8,11-13H2,2H3,(H,20,24). The number of hydrogen-bond donors (Lipinski definition) is 1. The first-order valence-corrected chi connectivity index (χ1v) is 9.85. The van der Waals surface area contributed by atoms with Crippen LogP contribution in [0.4, 0.5) is 0 Å². The Morgan fingerprint density at radius 3 is 2.81 bits per heavy atom. The highest BCUT2D eigenvalue weighted by Crippen LogP contribution is 2.21. The molecule has 0 bridgehead atoms. The number of carbonyl (C=O) groups is 1. The fourth-order valence-electron chi connectivity index (χ4n) is 2.44. The summed E-state index contributed by atoms with van der Waals surface area (Å²) < 4.78 is 7.77. The monoisotopic (exact) mass is 372 g/mol. The summed E-state index contributed by atoms with van der Waals surface area (Å²) in [6, 6.07) is 8.42. The van der Waals surface area contributed by atoms with Crippen molar-refractivity contribution in [2.45, 2.75) is 50.5 Å². The number of nitrogens with zero attached hydrogens (tertiary/aromatic N) is 3. The first-order valence-electron chi connectivity index (χ1n) is 8.86. The van der Waals surface area contributed by atoms with E-state index in [9.17, 15) is 4.79 Å². The van der Waals surface area contributed by atoms with E-state index in [4.69, 9.17) is 4.74 Å². The molecule has 1 aromatic carbocycles. The van der Waals surface area contributed by atoms with Gasteiger partial charge in [0.2, 0.25) is 5.91 Å². The second kappa shape index (κ2) is 8.89. The molecule has 2 aromatic rings. The molecule has 1 aromatic heterocycles. The predicted molar refractivity (Wildman–Crippen MR) is 102 cm³/mol. The molecule has 1 amide bonds. The van der Waals surface area contributed by atoms with Crippen molar-refractivity contribution in [1.82, 2.24) is 20.1 Å². The van der Waals surface area contributed by atoms with Gasteiger partial charge in [0.05, 0.1) is 5.75 Å². The topological polar surface area (TPSA) is 69.0 Å². The van der Waals surface area contributed by atoms with Crippen molar-refractivity contribution >= 4 is 17.7 Å². The SMILES string of the molecule is C=CCn1c(COc2ccc(CC)cc2)nnc1SCC(=O)NC1CC1. The summed E-state index contributed by atoms with van der Waals surface area (Å²) in [6.45, 7) is 6.81. The summed E-state index contributed by atoms with van der Waals surface area (Å²) in [5.74, 6) is 1.90. The van der Waals surface area contributed by atoms with Gasteiger partial charge < -0.3 is 10.1 Å². The van der Waals surface area contributed by atoms with E-state index < -0.39 is 0 Å². The van der Waals surface area contributed by atoms with Gasteiger partial charge in [-0.1, -0.05) is 36.9 Å². The second-order valence-electron chi connectivity index (χ2n) is 6.21. The Morgan fingerprint density at radius 1 is 1.38 bits per heavy atom. The zero-order chi connectivity index (χ0) is 18.4. The van der Waals surface area contributed by atoms with E-state index in [1.165, 1.54) is 17.3 Å². The van der Waals surface area contributed by atoms with Gasteiger partial charge in [0.25, 0.3) is 0 Å². The molecule has 1 N–H and O–H groups in total. The van der Waals surface area contributed by atoms with Crippen LogP contribution in [-0.2, 0) is 24.4 Å². The van der Waals surface area contributed by atoms with Crippen molar-refractivity contribution in [3.8, 4) is 5.75 Å². The van der Waals surface area contributed by atoms with Gasteiger partial charge in [-0.05, 0) is 37.0 Å². The van der Waals surface area contributed by atoms with Crippen LogP contribution in [0.15, 0.2) is 42.1 Å². The number of rotatable bonds is 10. The van der Waals surface area contributed by atoms with Crippen LogP contribution in [0.5, 0.6) is 5.75 Å². The first kappa shape index (κ1) is 18.5. The van der Waals surface area contributed by atoms with Crippen LogP contribution in [0, 0.1) is 0 Å². The lowest BCUT2D eigenvalue weighted by Gasteiger charge is -2.09. The summed E-state index contributed by atoms with van der Waals surface area (Å²) in [7, 11) is 0. The number of allylic oxidation sites excluding steroid dienone is 1. The number of aromatic nitrogens is 3. The molecule has 1 fully saturated rings. The van der Waals surface area contributed by atoms with E-state index in [0.717, 1.165) is 30.8 Å². The van der Waals surface area contributed by atoms with Crippen LogP contribution in [0.3, 0.4) is 0 Å². The lowest BCUT2D eigenvalue weighted by molar-refractivity contribution is -0.118. The van der Waals surface area contributed by atoms with E-state index in [-0.39, 0.29) is 5.91 Å². The summed E-state index contributed by atoms with van der Waals surface area (Å²) in [6.07, 6.45) is 4.97. The lowest BCUT2D eigenvalue weighted by Crippen LogP contribution is -2.27. The number of aryl methyl sites for hydroxylation is 1. The maximum absolute atomic E-state index is 11.9. The Balaban J connectivity index is 1.59. The van der Waals surface area contributed by atoms with Crippen molar-refractivity contribution in [1.29, 1.82) is 0 Å². The molecule has 1 heterocycles. The molecule has 0 spiro atoms. The molecule has 0 unspecified atom stereocenters. The van der Waals surface area contributed by atoms with Gasteiger partial charge in [-0.15, -0.1) is 16.8 Å². The van der Waals surface area contributed by atoms with Crippen LogP contribution >= 0.6 is 11.8 Å². The average molecular weight is 372 g/mol. The van der Waals surface area contributed by atoms with Crippen molar-refractivity contribution in [3.63, 3.8) is 0 Å². The van der Waals surface area contributed by atoms with Gasteiger partial charge in [0, 0.05) is 12.6 Å². The molecule has 0 radical (unpaired) electrons. The Labute approximate surface area is 158 Å². The highest BCUT2D eigenvalue weighted by atomic mass is 32.2. The fraction of sp³-hybridized carbons (Fsp3) is 0.421. The molecule has 0 aliphatic heterocycles. The molecule has 1 aliphatic rings. The van der Waals surface area contributed by atoms with Gasteiger partial charge >= 0.3 is 0 Å². The van der Waals surface area contributed by atoms with Gasteiger partial charge in [-0.2, -0.15) is 0 Å². The maximum atomic E-state index is 11.9. The van der Waals surface area contributed by atoms with Crippen molar-refractivity contribution in [2.75, 3.05) is 5.75 Å². The molecular weight excluding hydrogens is 348 g/mol. The smallest absolute Gasteiger partial charge is 0.230 e. The quantitative estimate of drug-likeness (QED) is 0.513. The highest BCUT2D eigenvalue weighted by molar-refractivity contribution is 7.99. The zero-order valence-corrected chi connectivity index (χ0v) is 15.8. The predicted octanol–water partition coefficient (Wildman–Crippen LogP) is 2.98. The van der Waals surface area contributed by atoms with Gasteiger partial charge in [-0.25, -0.2) is 0 Å². The largest absolute Gasteiger partial charge is 0.486 e. The zero-order valence-electron chi connectivity index (χ0n) is 15.0. The number of ether oxygens (including phenoxy) is 1. The summed E-state index contributed by atoms with van der Waals surface area (Å²) in [5, 5.41) is 12.1. The van der Waals surface area contributed by atoms with Crippen LogP contribution < -0.4 is 10.1 Å². The first-order chi connectivity index (χ1) is 12.7. The Bertz CT molecular complexity index is 753. The number of carbonyl (C=O) groups excluding carboxylic acids is 1. The van der Waals surface area contributed by atoms with E-state index in [0.29, 0.717) is 30.1 Å².